The Morgan fingerprint density at radius 3 is 2.59 bits per heavy atom. The normalized spacial score (nSPS) is 17.4. The number of amides is 1. The van der Waals surface area contributed by atoms with Crippen molar-refractivity contribution in [3.63, 3.8) is 0 Å². The van der Waals surface area contributed by atoms with Crippen molar-refractivity contribution >= 4 is 22.8 Å². The number of hydrogen-bond donors (Lipinski definition) is 1. The lowest BCUT2D eigenvalue weighted by Gasteiger charge is -1.97. The maximum atomic E-state index is 11.6. The minimum absolute atomic E-state index is 0.0400. The van der Waals surface area contributed by atoms with Gasteiger partial charge in [0, 0.05) is 0 Å². The van der Waals surface area contributed by atoms with Gasteiger partial charge in [0.1, 0.15) is 0 Å². The number of hydrogen-bond acceptors (Lipinski definition) is 3. The summed E-state index contributed by atoms with van der Waals surface area (Å²) in [5.74, 6) is -0.0400. The molecule has 88 valence electrons. The van der Waals surface area contributed by atoms with Gasteiger partial charge in [-0.1, -0.05) is 35.9 Å². The Morgan fingerprint density at radius 2 is 2.00 bits per heavy atom. The largest absolute Gasteiger partial charge is 0.301 e. The highest BCUT2D eigenvalue weighted by molar-refractivity contribution is 8.18. The summed E-state index contributed by atoms with van der Waals surface area (Å²) in [4.78, 5) is 16.7. The SMILES string of the molecule is CC(C)=C1SC(=NCc2ccccc2)NC1=O. The minimum Gasteiger partial charge on any atom is -0.301 e. The first-order valence-electron chi connectivity index (χ1n) is 5.42. The number of carbonyl (C=O) groups is 1. The number of rotatable bonds is 2. The number of aliphatic imine (C=N–C) groups is 1. The highest BCUT2D eigenvalue weighted by Gasteiger charge is 2.24. The summed E-state index contributed by atoms with van der Waals surface area (Å²) in [7, 11) is 0. The fourth-order valence-corrected chi connectivity index (χ4v) is 2.28. The molecule has 0 unspecified atom stereocenters. The van der Waals surface area contributed by atoms with E-state index in [9.17, 15) is 4.79 Å². The Balaban J connectivity index is 2.06. The molecule has 0 radical (unpaired) electrons. The minimum atomic E-state index is -0.0400. The lowest BCUT2D eigenvalue weighted by atomic mass is 10.2. The summed E-state index contributed by atoms with van der Waals surface area (Å²) in [6.45, 7) is 4.46. The van der Waals surface area contributed by atoms with Gasteiger partial charge in [-0.25, -0.2) is 0 Å². The van der Waals surface area contributed by atoms with Crippen LogP contribution >= 0.6 is 11.8 Å². The molecule has 17 heavy (non-hydrogen) atoms. The summed E-state index contributed by atoms with van der Waals surface area (Å²) in [6, 6.07) is 9.99. The van der Waals surface area contributed by atoms with Crippen LogP contribution in [0, 0.1) is 0 Å². The lowest BCUT2D eigenvalue weighted by Crippen LogP contribution is -2.20. The zero-order valence-corrected chi connectivity index (χ0v) is 10.7. The molecule has 0 aliphatic carbocycles. The molecule has 1 fully saturated rings. The molecule has 0 aromatic heterocycles. The van der Waals surface area contributed by atoms with Crippen LogP contribution in [-0.2, 0) is 11.3 Å². The van der Waals surface area contributed by atoms with Gasteiger partial charge < -0.3 is 5.32 Å². The maximum absolute atomic E-state index is 11.6. The highest BCUT2D eigenvalue weighted by Crippen LogP contribution is 2.26. The van der Waals surface area contributed by atoms with Gasteiger partial charge in [-0.05, 0) is 31.2 Å². The topological polar surface area (TPSA) is 41.5 Å². The van der Waals surface area contributed by atoms with E-state index in [1.54, 1.807) is 0 Å². The van der Waals surface area contributed by atoms with E-state index < -0.39 is 0 Å². The molecule has 1 aliphatic rings. The molecule has 4 heteroatoms. The molecule has 1 heterocycles. The Labute approximate surface area is 105 Å². The average Bonchev–Trinajstić information content (AvgIpc) is 2.69. The maximum Gasteiger partial charge on any atom is 0.264 e. The second kappa shape index (κ2) is 5.19. The van der Waals surface area contributed by atoms with Crippen molar-refractivity contribution < 1.29 is 4.79 Å². The second-order valence-electron chi connectivity index (χ2n) is 3.99. The molecule has 3 nitrogen and oxygen atoms in total. The fraction of sp³-hybridized carbons (Fsp3) is 0.231. The first kappa shape index (κ1) is 11.9. The standard InChI is InChI=1S/C13H14N2OS/c1-9(2)11-12(16)15-13(17-11)14-8-10-6-4-3-5-7-10/h3-7H,8H2,1-2H3,(H,14,15,16). The van der Waals surface area contributed by atoms with Gasteiger partial charge in [-0.3, -0.25) is 9.79 Å². The van der Waals surface area contributed by atoms with E-state index >= 15 is 0 Å². The van der Waals surface area contributed by atoms with Crippen molar-refractivity contribution in [3.05, 3.63) is 46.4 Å². The molecule has 0 saturated carbocycles. The van der Waals surface area contributed by atoms with Crippen LogP contribution in [0.25, 0.3) is 0 Å². The molecule has 1 N–H and O–H groups in total. The van der Waals surface area contributed by atoms with Gasteiger partial charge in [0.2, 0.25) is 0 Å². The number of thioether (sulfide) groups is 1. The summed E-state index contributed by atoms with van der Waals surface area (Å²) in [5.41, 5.74) is 2.16. The molecular weight excluding hydrogens is 232 g/mol. The van der Waals surface area contributed by atoms with E-state index in [0.717, 1.165) is 16.0 Å². The van der Waals surface area contributed by atoms with Crippen LogP contribution < -0.4 is 5.32 Å². The summed E-state index contributed by atoms with van der Waals surface area (Å²) in [6.07, 6.45) is 0. The summed E-state index contributed by atoms with van der Waals surface area (Å²) < 4.78 is 0. The number of carbonyl (C=O) groups excluding carboxylic acids is 1. The fourth-order valence-electron chi connectivity index (χ4n) is 1.47. The number of amidine groups is 1. The predicted octanol–water partition coefficient (Wildman–Crippen LogP) is 2.70. The highest BCUT2D eigenvalue weighted by atomic mass is 32.2. The van der Waals surface area contributed by atoms with Gasteiger partial charge in [-0.2, -0.15) is 0 Å². The van der Waals surface area contributed by atoms with Gasteiger partial charge in [0.05, 0.1) is 11.4 Å². The number of nitrogens with one attached hydrogen (secondary N) is 1. The van der Waals surface area contributed by atoms with Crippen molar-refractivity contribution in [1.82, 2.24) is 5.32 Å². The van der Waals surface area contributed by atoms with Crippen LogP contribution in [-0.4, -0.2) is 11.1 Å². The van der Waals surface area contributed by atoms with Gasteiger partial charge >= 0.3 is 0 Å². The molecule has 2 rings (SSSR count). The third-order valence-electron chi connectivity index (χ3n) is 2.33. The van der Waals surface area contributed by atoms with E-state index in [0.29, 0.717) is 11.7 Å². The van der Waals surface area contributed by atoms with E-state index in [1.807, 2.05) is 44.2 Å². The third-order valence-corrected chi connectivity index (χ3v) is 3.55. The van der Waals surface area contributed by atoms with Crippen LogP contribution in [0.2, 0.25) is 0 Å². The molecule has 1 aromatic rings. The van der Waals surface area contributed by atoms with E-state index in [2.05, 4.69) is 10.3 Å². The Morgan fingerprint density at radius 1 is 1.29 bits per heavy atom. The first-order chi connectivity index (χ1) is 8.16. The van der Waals surface area contributed by atoms with E-state index in [1.165, 1.54) is 11.8 Å². The Kier molecular flexibility index (Phi) is 3.64. The van der Waals surface area contributed by atoms with Crippen LogP contribution in [0.3, 0.4) is 0 Å². The van der Waals surface area contributed by atoms with Crippen molar-refractivity contribution in [2.45, 2.75) is 20.4 Å². The van der Waals surface area contributed by atoms with Gasteiger partial charge in [0.15, 0.2) is 5.17 Å². The number of allylic oxidation sites excluding steroid dienone is 1. The van der Waals surface area contributed by atoms with Gasteiger partial charge in [0.25, 0.3) is 5.91 Å². The molecule has 1 saturated heterocycles. The molecular formula is C13H14N2OS. The number of nitrogens with zero attached hydrogens (tertiary/aromatic N) is 1. The Hall–Kier alpha value is -1.55. The molecule has 0 spiro atoms. The quantitative estimate of drug-likeness (QED) is 0.815. The molecule has 0 atom stereocenters. The second-order valence-corrected chi connectivity index (χ2v) is 4.99. The molecule has 0 bridgehead atoms. The zero-order valence-electron chi connectivity index (χ0n) is 9.86. The third kappa shape index (κ3) is 2.97. The lowest BCUT2D eigenvalue weighted by molar-refractivity contribution is -0.115. The van der Waals surface area contributed by atoms with Crippen molar-refractivity contribution in [2.75, 3.05) is 0 Å². The molecule has 1 amide bonds. The van der Waals surface area contributed by atoms with Crippen molar-refractivity contribution in [3.8, 4) is 0 Å². The Bertz CT molecular complexity index is 487. The van der Waals surface area contributed by atoms with E-state index in [4.69, 9.17) is 0 Å². The predicted molar refractivity (Wildman–Crippen MR) is 71.7 cm³/mol. The van der Waals surface area contributed by atoms with Crippen molar-refractivity contribution in [1.29, 1.82) is 0 Å². The average molecular weight is 246 g/mol. The van der Waals surface area contributed by atoms with Crippen LogP contribution in [0.4, 0.5) is 0 Å². The van der Waals surface area contributed by atoms with Gasteiger partial charge in [-0.15, -0.1) is 0 Å². The summed E-state index contributed by atoms with van der Waals surface area (Å²) >= 11 is 1.42. The zero-order chi connectivity index (χ0) is 12.3. The van der Waals surface area contributed by atoms with Crippen molar-refractivity contribution in [2.24, 2.45) is 4.99 Å². The van der Waals surface area contributed by atoms with Crippen LogP contribution in [0.1, 0.15) is 19.4 Å². The molecule has 1 aromatic carbocycles. The smallest absolute Gasteiger partial charge is 0.264 e. The molecule has 1 aliphatic heterocycles. The monoisotopic (exact) mass is 246 g/mol. The van der Waals surface area contributed by atoms with Crippen LogP contribution in [0.15, 0.2) is 45.8 Å². The van der Waals surface area contributed by atoms with Crippen LogP contribution in [0.5, 0.6) is 0 Å². The first-order valence-corrected chi connectivity index (χ1v) is 6.23. The van der Waals surface area contributed by atoms with E-state index in [-0.39, 0.29) is 5.91 Å². The summed E-state index contributed by atoms with van der Waals surface area (Å²) in [5, 5.41) is 3.46. The number of benzene rings is 1.